The minimum Gasteiger partial charge on any atom is -0.321 e. The number of amides is 2. The first-order valence-electron chi connectivity index (χ1n) is 9.66. The van der Waals surface area contributed by atoms with Crippen molar-refractivity contribution in [3.8, 4) is 5.69 Å². The highest BCUT2D eigenvalue weighted by atomic mass is 16.2. The second-order valence-electron chi connectivity index (χ2n) is 7.28. The van der Waals surface area contributed by atoms with Crippen molar-refractivity contribution < 1.29 is 4.79 Å². The zero-order chi connectivity index (χ0) is 20.4. The highest BCUT2D eigenvalue weighted by molar-refractivity contribution is 5.89. The quantitative estimate of drug-likeness (QED) is 0.501. The minimum absolute atomic E-state index is 0.0617. The van der Waals surface area contributed by atoms with Crippen LogP contribution in [0.15, 0.2) is 79.1 Å². The minimum atomic E-state index is -0.132. The molecule has 146 valence electrons. The van der Waals surface area contributed by atoms with Gasteiger partial charge in [0, 0.05) is 18.4 Å². The van der Waals surface area contributed by atoms with Gasteiger partial charge < -0.3 is 10.2 Å². The first-order valence-corrected chi connectivity index (χ1v) is 9.66. The van der Waals surface area contributed by atoms with Crippen LogP contribution in [0.25, 0.3) is 16.7 Å². The van der Waals surface area contributed by atoms with Gasteiger partial charge in [-0.05, 0) is 61.4 Å². The van der Waals surface area contributed by atoms with Crippen LogP contribution in [0.5, 0.6) is 0 Å². The lowest BCUT2D eigenvalue weighted by Crippen LogP contribution is -2.33. The third-order valence-corrected chi connectivity index (χ3v) is 5.28. The summed E-state index contributed by atoms with van der Waals surface area (Å²) in [6.07, 6.45) is 1.84. The molecule has 0 aliphatic rings. The van der Waals surface area contributed by atoms with Crippen LogP contribution in [0.4, 0.5) is 10.5 Å². The lowest BCUT2D eigenvalue weighted by molar-refractivity contribution is 0.208. The molecule has 0 aliphatic heterocycles. The van der Waals surface area contributed by atoms with Gasteiger partial charge >= 0.3 is 6.03 Å². The molecule has 1 N–H and O–H groups in total. The fourth-order valence-corrected chi connectivity index (χ4v) is 3.41. The van der Waals surface area contributed by atoms with Gasteiger partial charge in [-0.15, -0.1) is 0 Å². The molecule has 5 heteroatoms. The standard InChI is InChI=1S/C24H24N4O/c1-17-7-6-8-20(15-17)26-24(29)27(3)18(2)19-11-13-21(14-12-19)28-16-25-22-9-4-5-10-23(22)28/h4-16,18H,1-3H3,(H,26,29). The highest BCUT2D eigenvalue weighted by Crippen LogP contribution is 2.23. The first kappa shape index (κ1) is 18.7. The molecule has 0 aliphatic carbocycles. The Hall–Kier alpha value is -3.60. The van der Waals surface area contributed by atoms with Crippen molar-refractivity contribution in [2.75, 3.05) is 12.4 Å². The molecule has 2 amide bonds. The second kappa shape index (κ2) is 7.80. The number of aromatic nitrogens is 2. The van der Waals surface area contributed by atoms with E-state index >= 15 is 0 Å². The number of rotatable bonds is 4. The van der Waals surface area contributed by atoms with Crippen LogP contribution < -0.4 is 5.32 Å². The smallest absolute Gasteiger partial charge is 0.321 e. The molecule has 0 saturated heterocycles. The molecule has 0 radical (unpaired) electrons. The van der Waals surface area contributed by atoms with Crippen molar-refractivity contribution in [2.45, 2.75) is 19.9 Å². The third-order valence-electron chi connectivity index (χ3n) is 5.28. The number of aryl methyl sites for hydroxylation is 1. The molecule has 4 aromatic rings. The summed E-state index contributed by atoms with van der Waals surface area (Å²) in [6, 6.07) is 23.9. The Bertz CT molecular complexity index is 1150. The molecule has 0 spiro atoms. The Morgan fingerprint density at radius 2 is 1.79 bits per heavy atom. The van der Waals surface area contributed by atoms with Gasteiger partial charge in [-0.25, -0.2) is 9.78 Å². The SMILES string of the molecule is Cc1cccc(NC(=O)N(C)C(C)c2ccc(-n3cnc4ccccc43)cc2)c1. The van der Waals surface area contributed by atoms with Crippen molar-refractivity contribution in [3.63, 3.8) is 0 Å². The first-order chi connectivity index (χ1) is 14.0. The summed E-state index contributed by atoms with van der Waals surface area (Å²) in [5.41, 5.74) is 6.07. The zero-order valence-electron chi connectivity index (χ0n) is 16.8. The number of urea groups is 1. The largest absolute Gasteiger partial charge is 0.322 e. The van der Waals surface area contributed by atoms with E-state index in [1.54, 1.807) is 4.90 Å². The van der Waals surface area contributed by atoms with Crippen LogP contribution in [0.3, 0.4) is 0 Å². The number of nitrogens with zero attached hydrogens (tertiary/aromatic N) is 3. The molecule has 1 aromatic heterocycles. The van der Waals surface area contributed by atoms with Crippen molar-refractivity contribution in [2.24, 2.45) is 0 Å². The van der Waals surface area contributed by atoms with Gasteiger partial charge in [-0.2, -0.15) is 0 Å². The van der Waals surface area contributed by atoms with E-state index in [4.69, 9.17) is 0 Å². The number of hydrogen-bond acceptors (Lipinski definition) is 2. The molecular weight excluding hydrogens is 360 g/mol. The summed E-state index contributed by atoms with van der Waals surface area (Å²) in [6.45, 7) is 4.03. The molecule has 0 saturated carbocycles. The topological polar surface area (TPSA) is 50.2 Å². The number of para-hydroxylation sites is 2. The van der Waals surface area contributed by atoms with E-state index in [2.05, 4.69) is 45.2 Å². The molecule has 4 rings (SSSR count). The molecule has 0 fully saturated rings. The van der Waals surface area contributed by atoms with Gasteiger partial charge in [0.05, 0.1) is 17.1 Å². The summed E-state index contributed by atoms with van der Waals surface area (Å²) in [5, 5.41) is 2.96. The Kier molecular flexibility index (Phi) is 5.04. The van der Waals surface area contributed by atoms with Crippen molar-refractivity contribution in [1.82, 2.24) is 14.5 Å². The average Bonchev–Trinajstić information content (AvgIpc) is 3.17. The average molecular weight is 384 g/mol. The van der Waals surface area contributed by atoms with Crippen molar-refractivity contribution >= 4 is 22.8 Å². The predicted molar refractivity (Wildman–Crippen MR) is 117 cm³/mol. The summed E-state index contributed by atoms with van der Waals surface area (Å²) >= 11 is 0. The fraction of sp³-hybridized carbons (Fsp3) is 0.167. The number of nitrogens with one attached hydrogen (secondary N) is 1. The van der Waals surface area contributed by atoms with E-state index in [0.29, 0.717) is 0 Å². The molecule has 1 unspecified atom stereocenters. The molecular formula is C24H24N4O. The van der Waals surface area contributed by atoms with Crippen LogP contribution in [-0.4, -0.2) is 27.5 Å². The van der Waals surface area contributed by atoms with E-state index in [9.17, 15) is 4.79 Å². The van der Waals surface area contributed by atoms with Crippen LogP contribution >= 0.6 is 0 Å². The van der Waals surface area contributed by atoms with E-state index in [0.717, 1.165) is 33.5 Å². The maximum atomic E-state index is 12.6. The molecule has 1 atom stereocenters. The van der Waals surface area contributed by atoms with Gasteiger partial charge in [-0.1, -0.05) is 36.4 Å². The number of hydrogen-bond donors (Lipinski definition) is 1. The lowest BCUT2D eigenvalue weighted by Gasteiger charge is -2.26. The molecule has 5 nitrogen and oxygen atoms in total. The molecule has 3 aromatic carbocycles. The molecule has 0 bridgehead atoms. The Balaban J connectivity index is 1.50. The summed E-state index contributed by atoms with van der Waals surface area (Å²) in [5.74, 6) is 0. The second-order valence-corrected chi connectivity index (χ2v) is 7.28. The number of anilines is 1. The van der Waals surface area contributed by atoms with Gasteiger partial charge in [0.25, 0.3) is 0 Å². The Morgan fingerprint density at radius 3 is 2.55 bits per heavy atom. The van der Waals surface area contributed by atoms with E-state index in [-0.39, 0.29) is 12.1 Å². The van der Waals surface area contributed by atoms with Gasteiger partial charge in [0.15, 0.2) is 0 Å². The summed E-state index contributed by atoms with van der Waals surface area (Å²) in [7, 11) is 1.81. The number of fused-ring (bicyclic) bond motifs is 1. The third kappa shape index (κ3) is 3.85. The maximum Gasteiger partial charge on any atom is 0.322 e. The lowest BCUT2D eigenvalue weighted by atomic mass is 10.1. The zero-order valence-corrected chi connectivity index (χ0v) is 16.8. The van der Waals surface area contributed by atoms with Crippen molar-refractivity contribution in [1.29, 1.82) is 0 Å². The predicted octanol–water partition coefficient (Wildman–Crippen LogP) is 5.56. The Morgan fingerprint density at radius 1 is 1.03 bits per heavy atom. The monoisotopic (exact) mass is 384 g/mol. The van der Waals surface area contributed by atoms with E-state index in [1.807, 2.05) is 69.7 Å². The number of benzene rings is 3. The van der Waals surface area contributed by atoms with Crippen molar-refractivity contribution in [3.05, 3.63) is 90.3 Å². The summed E-state index contributed by atoms with van der Waals surface area (Å²) in [4.78, 5) is 18.8. The fourth-order valence-electron chi connectivity index (χ4n) is 3.41. The van der Waals surface area contributed by atoms with Gasteiger partial charge in [-0.3, -0.25) is 4.57 Å². The van der Waals surface area contributed by atoms with Gasteiger partial charge in [0.2, 0.25) is 0 Å². The number of carbonyl (C=O) groups is 1. The van der Waals surface area contributed by atoms with Crippen LogP contribution in [0, 0.1) is 6.92 Å². The molecule has 1 heterocycles. The number of imidazole rings is 1. The Labute approximate surface area is 170 Å². The van der Waals surface area contributed by atoms with Crippen LogP contribution in [0.2, 0.25) is 0 Å². The van der Waals surface area contributed by atoms with Gasteiger partial charge in [0.1, 0.15) is 6.33 Å². The van der Waals surface area contributed by atoms with E-state index in [1.165, 1.54) is 0 Å². The molecule has 29 heavy (non-hydrogen) atoms. The van der Waals surface area contributed by atoms with Crippen LogP contribution in [-0.2, 0) is 0 Å². The normalized spacial score (nSPS) is 12.0. The number of carbonyl (C=O) groups excluding carboxylic acids is 1. The van der Waals surface area contributed by atoms with Crippen LogP contribution in [0.1, 0.15) is 24.1 Å². The summed E-state index contributed by atoms with van der Waals surface area (Å²) < 4.78 is 2.07. The maximum absolute atomic E-state index is 12.6. The van der Waals surface area contributed by atoms with E-state index < -0.39 is 0 Å². The highest BCUT2D eigenvalue weighted by Gasteiger charge is 2.17.